The number of amides is 2. The second-order valence-corrected chi connectivity index (χ2v) is 5.72. The van der Waals surface area contributed by atoms with E-state index >= 15 is 0 Å². The second-order valence-electron chi connectivity index (χ2n) is 4.42. The molecule has 0 fully saturated rings. The fourth-order valence-corrected chi connectivity index (χ4v) is 2.30. The lowest BCUT2D eigenvalue weighted by Crippen LogP contribution is -2.22. The number of thiazole rings is 1. The first-order valence-electron chi connectivity index (χ1n) is 5.92. The van der Waals surface area contributed by atoms with E-state index in [1.807, 2.05) is 0 Å². The molecule has 0 aliphatic carbocycles. The molecule has 1 aromatic carbocycles. The first kappa shape index (κ1) is 15.3. The maximum Gasteiger partial charge on any atom is 0.275 e. The monoisotopic (exact) mass is 324 g/mol. The van der Waals surface area contributed by atoms with E-state index in [9.17, 15) is 9.59 Å². The quantitative estimate of drug-likeness (QED) is 0.907. The lowest BCUT2D eigenvalue weighted by atomic mass is 10.1. The van der Waals surface area contributed by atoms with E-state index in [4.69, 9.17) is 17.3 Å². The van der Waals surface area contributed by atoms with Gasteiger partial charge in [0.1, 0.15) is 5.69 Å². The number of nitrogens with one attached hydrogen (secondary N) is 1. The molecule has 0 bridgehead atoms. The Morgan fingerprint density at radius 2 is 2.10 bits per heavy atom. The van der Waals surface area contributed by atoms with Crippen molar-refractivity contribution < 1.29 is 9.59 Å². The number of rotatable bonds is 3. The Balaban J connectivity index is 2.25. The molecule has 0 saturated heterocycles. The molecule has 0 aliphatic rings. The number of aromatic nitrogens is 1. The highest BCUT2D eigenvalue weighted by molar-refractivity contribution is 7.13. The number of benzene rings is 1. The summed E-state index contributed by atoms with van der Waals surface area (Å²) in [5, 5.41) is 4.81. The van der Waals surface area contributed by atoms with Crippen LogP contribution in [0.5, 0.6) is 0 Å². The summed E-state index contributed by atoms with van der Waals surface area (Å²) >= 11 is 7.21. The van der Waals surface area contributed by atoms with Crippen LogP contribution in [0.25, 0.3) is 0 Å². The summed E-state index contributed by atoms with van der Waals surface area (Å²) in [6.45, 7) is 0. The highest BCUT2D eigenvalue weighted by Crippen LogP contribution is 2.24. The van der Waals surface area contributed by atoms with E-state index in [0.717, 1.165) is 0 Å². The number of nitrogens with zero attached hydrogens (tertiary/aromatic N) is 2. The molecule has 110 valence electrons. The molecular formula is C13H13ClN4O2S. The van der Waals surface area contributed by atoms with Gasteiger partial charge in [-0.15, -0.1) is 11.3 Å². The van der Waals surface area contributed by atoms with E-state index in [0.29, 0.717) is 21.4 Å². The van der Waals surface area contributed by atoms with Crippen molar-refractivity contribution in [2.45, 2.75) is 0 Å². The molecule has 3 N–H and O–H groups in total. The molecule has 21 heavy (non-hydrogen) atoms. The number of halogens is 1. The van der Waals surface area contributed by atoms with Gasteiger partial charge in [0, 0.05) is 25.0 Å². The van der Waals surface area contributed by atoms with Gasteiger partial charge in [-0.3, -0.25) is 9.59 Å². The van der Waals surface area contributed by atoms with Gasteiger partial charge in [-0.05, 0) is 18.2 Å². The van der Waals surface area contributed by atoms with Crippen molar-refractivity contribution in [3.05, 3.63) is 39.9 Å². The van der Waals surface area contributed by atoms with E-state index < -0.39 is 5.91 Å². The van der Waals surface area contributed by atoms with Crippen molar-refractivity contribution in [1.29, 1.82) is 0 Å². The van der Waals surface area contributed by atoms with Crippen LogP contribution in [0.15, 0.2) is 23.6 Å². The first-order valence-corrected chi connectivity index (χ1v) is 7.18. The Hall–Kier alpha value is -2.12. The summed E-state index contributed by atoms with van der Waals surface area (Å²) in [6.07, 6.45) is 0. The molecule has 2 aromatic rings. The molecule has 0 unspecified atom stereocenters. The van der Waals surface area contributed by atoms with Gasteiger partial charge in [0.25, 0.3) is 11.8 Å². The smallest absolute Gasteiger partial charge is 0.275 e. The maximum atomic E-state index is 12.0. The van der Waals surface area contributed by atoms with Crippen LogP contribution >= 0.6 is 22.9 Å². The van der Waals surface area contributed by atoms with Crippen molar-refractivity contribution in [2.75, 3.05) is 25.1 Å². The number of carbonyl (C=O) groups excluding carboxylic acids is 2. The van der Waals surface area contributed by atoms with Gasteiger partial charge in [0.2, 0.25) is 0 Å². The fraction of sp³-hybridized carbons (Fsp3) is 0.154. The predicted molar refractivity (Wildman–Crippen MR) is 83.9 cm³/mol. The van der Waals surface area contributed by atoms with Crippen molar-refractivity contribution in [3.8, 4) is 0 Å². The standard InChI is InChI=1S/C13H13ClN4O2S/c1-18(2)12(20)7-3-4-8(14)9(5-7)16-11(19)10-6-21-13(15)17-10/h3-6H,1-2H3,(H2,15,17)(H,16,19). The van der Waals surface area contributed by atoms with Crippen LogP contribution in [0.3, 0.4) is 0 Å². The van der Waals surface area contributed by atoms with E-state index in [2.05, 4.69) is 10.3 Å². The minimum Gasteiger partial charge on any atom is -0.375 e. The third kappa shape index (κ3) is 3.50. The van der Waals surface area contributed by atoms with Crippen molar-refractivity contribution >= 4 is 45.6 Å². The number of carbonyl (C=O) groups is 2. The zero-order valence-electron chi connectivity index (χ0n) is 11.4. The van der Waals surface area contributed by atoms with E-state index in [1.165, 1.54) is 22.3 Å². The largest absolute Gasteiger partial charge is 0.375 e. The minimum absolute atomic E-state index is 0.180. The van der Waals surface area contributed by atoms with Crippen LogP contribution in [-0.4, -0.2) is 35.8 Å². The van der Waals surface area contributed by atoms with Crippen LogP contribution in [0.4, 0.5) is 10.8 Å². The van der Waals surface area contributed by atoms with E-state index in [1.54, 1.807) is 31.6 Å². The second kappa shape index (κ2) is 6.11. The zero-order valence-corrected chi connectivity index (χ0v) is 13.0. The van der Waals surface area contributed by atoms with Gasteiger partial charge < -0.3 is 16.0 Å². The lowest BCUT2D eigenvalue weighted by molar-refractivity contribution is 0.0827. The minimum atomic E-state index is -0.431. The third-order valence-electron chi connectivity index (χ3n) is 2.62. The molecule has 1 aromatic heterocycles. The molecule has 2 rings (SSSR count). The summed E-state index contributed by atoms with van der Waals surface area (Å²) in [5.74, 6) is -0.612. The predicted octanol–water partition coefficient (Wildman–Crippen LogP) is 2.33. The topological polar surface area (TPSA) is 88.3 Å². The summed E-state index contributed by atoms with van der Waals surface area (Å²) in [6, 6.07) is 4.68. The molecule has 0 aliphatic heterocycles. The Bertz CT molecular complexity index is 699. The third-order valence-corrected chi connectivity index (χ3v) is 3.63. The molecule has 1 heterocycles. The average Bonchev–Trinajstić information content (AvgIpc) is 2.87. The summed E-state index contributed by atoms with van der Waals surface area (Å²) in [5.41, 5.74) is 6.47. The SMILES string of the molecule is CN(C)C(=O)c1ccc(Cl)c(NC(=O)c2csc(N)n2)c1. The maximum absolute atomic E-state index is 12.0. The summed E-state index contributed by atoms with van der Waals surface area (Å²) in [7, 11) is 3.29. The Morgan fingerprint density at radius 1 is 1.38 bits per heavy atom. The number of nitrogen functional groups attached to an aromatic ring is 1. The molecular weight excluding hydrogens is 312 g/mol. The van der Waals surface area contributed by atoms with Crippen LogP contribution in [-0.2, 0) is 0 Å². The van der Waals surface area contributed by atoms with Gasteiger partial charge in [-0.2, -0.15) is 0 Å². The van der Waals surface area contributed by atoms with Gasteiger partial charge in [-0.1, -0.05) is 11.6 Å². The van der Waals surface area contributed by atoms with Crippen LogP contribution in [0.1, 0.15) is 20.8 Å². The van der Waals surface area contributed by atoms with Crippen LogP contribution < -0.4 is 11.1 Å². The Kier molecular flexibility index (Phi) is 4.44. The molecule has 0 spiro atoms. The van der Waals surface area contributed by atoms with Gasteiger partial charge in [0.05, 0.1) is 10.7 Å². The zero-order chi connectivity index (χ0) is 15.6. The van der Waals surface area contributed by atoms with Gasteiger partial charge in [0.15, 0.2) is 5.13 Å². The van der Waals surface area contributed by atoms with Crippen LogP contribution in [0, 0.1) is 0 Å². The normalized spacial score (nSPS) is 10.2. The Morgan fingerprint density at radius 3 is 2.67 bits per heavy atom. The van der Waals surface area contributed by atoms with Crippen LogP contribution in [0.2, 0.25) is 5.02 Å². The summed E-state index contributed by atoms with van der Waals surface area (Å²) in [4.78, 5) is 29.3. The van der Waals surface area contributed by atoms with Crippen molar-refractivity contribution in [2.24, 2.45) is 0 Å². The highest BCUT2D eigenvalue weighted by Gasteiger charge is 2.14. The van der Waals surface area contributed by atoms with Crippen molar-refractivity contribution in [3.63, 3.8) is 0 Å². The number of nitrogens with two attached hydrogens (primary N) is 1. The molecule has 2 amide bonds. The number of hydrogen-bond donors (Lipinski definition) is 2. The average molecular weight is 325 g/mol. The van der Waals surface area contributed by atoms with Crippen molar-refractivity contribution in [1.82, 2.24) is 9.88 Å². The number of anilines is 2. The molecule has 0 atom stereocenters. The molecule has 8 heteroatoms. The lowest BCUT2D eigenvalue weighted by Gasteiger charge is -2.12. The first-order chi connectivity index (χ1) is 9.88. The highest BCUT2D eigenvalue weighted by atomic mass is 35.5. The van der Waals surface area contributed by atoms with E-state index in [-0.39, 0.29) is 11.6 Å². The molecule has 0 saturated carbocycles. The molecule has 0 radical (unpaired) electrons. The van der Waals surface area contributed by atoms with Gasteiger partial charge >= 0.3 is 0 Å². The fourth-order valence-electron chi connectivity index (χ4n) is 1.59. The summed E-state index contributed by atoms with van der Waals surface area (Å²) < 4.78 is 0. The molecule has 6 nitrogen and oxygen atoms in total. The van der Waals surface area contributed by atoms with Gasteiger partial charge in [-0.25, -0.2) is 4.98 Å². The Labute approximate surface area is 130 Å². The number of hydrogen-bond acceptors (Lipinski definition) is 5.